The Kier molecular flexibility index (Phi) is 3.96. The number of anilines is 1. The normalized spacial score (nSPS) is 16.2. The number of nitrogens with zero attached hydrogens (tertiary/aromatic N) is 1. The molecule has 1 aliphatic carbocycles. The molecule has 3 aromatic heterocycles. The number of rotatable bonds is 3. The van der Waals surface area contributed by atoms with Crippen LogP contribution in [0.15, 0.2) is 58.1 Å². The summed E-state index contributed by atoms with van der Waals surface area (Å²) >= 11 is 0. The Bertz CT molecular complexity index is 1020. The van der Waals surface area contributed by atoms with Crippen molar-refractivity contribution in [2.75, 3.05) is 5.32 Å². The van der Waals surface area contributed by atoms with Crippen molar-refractivity contribution in [2.45, 2.75) is 18.8 Å². The van der Waals surface area contributed by atoms with Crippen molar-refractivity contribution >= 4 is 17.5 Å². The van der Waals surface area contributed by atoms with Crippen LogP contribution in [0.2, 0.25) is 0 Å². The van der Waals surface area contributed by atoms with E-state index in [0.29, 0.717) is 29.3 Å². The maximum absolute atomic E-state index is 12.5. The van der Waals surface area contributed by atoms with E-state index in [1.807, 2.05) is 6.07 Å². The monoisotopic (exact) mass is 349 g/mol. The van der Waals surface area contributed by atoms with Gasteiger partial charge in [-0.05, 0) is 36.8 Å². The van der Waals surface area contributed by atoms with E-state index in [0.717, 1.165) is 0 Å². The Hall–Kier alpha value is -3.48. The Labute approximate surface area is 148 Å². The molecule has 0 aromatic carbocycles. The van der Waals surface area contributed by atoms with Crippen LogP contribution in [0.25, 0.3) is 0 Å². The first-order chi connectivity index (χ1) is 12.6. The van der Waals surface area contributed by atoms with Gasteiger partial charge >= 0.3 is 0 Å². The minimum atomic E-state index is -0.603. The summed E-state index contributed by atoms with van der Waals surface area (Å²) in [5, 5.41) is 2.56. The number of aromatic nitrogens is 2. The lowest BCUT2D eigenvalue weighted by Gasteiger charge is -2.22. The van der Waals surface area contributed by atoms with Gasteiger partial charge in [0, 0.05) is 29.8 Å². The van der Waals surface area contributed by atoms with Crippen LogP contribution in [-0.2, 0) is 6.42 Å². The van der Waals surface area contributed by atoms with E-state index in [4.69, 9.17) is 4.42 Å². The molecule has 0 saturated heterocycles. The summed E-state index contributed by atoms with van der Waals surface area (Å²) in [4.78, 5) is 43.9. The highest BCUT2D eigenvalue weighted by molar-refractivity contribution is 6.06. The lowest BCUT2D eigenvalue weighted by molar-refractivity contribution is 0.0959. The molecule has 0 spiro atoms. The quantitative estimate of drug-likeness (QED) is 0.756. The van der Waals surface area contributed by atoms with Crippen molar-refractivity contribution in [3.63, 3.8) is 0 Å². The fourth-order valence-electron chi connectivity index (χ4n) is 3.14. The van der Waals surface area contributed by atoms with Crippen LogP contribution in [0.5, 0.6) is 0 Å². The summed E-state index contributed by atoms with van der Waals surface area (Å²) in [6.07, 6.45) is 3.84. The van der Waals surface area contributed by atoms with Crippen molar-refractivity contribution in [1.82, 2.24) is 9.97 Å². The van der Waals surface area contributed by atoms with E-state index >= 15 is 0 Å². The first-order valence-corrected chi connectivity index (χ1v) is 8.17. The highest BCUT2D eigenvalue weighted by atomic mass is 16.3. The van der Waals surface area contributed by atoms with E-state index in [2.05, 4.69) is 15.3 Å². The van der Waals surface area contributed by atoms with Crippen LogP contribution < -0.4 is 10.9 Å². The van der Waals surface area contributed by atoms with Crippen LogP contribution in [0, 0.1) is 0 Å². The highest BCUT2D eigenvalue weighted by Gasteiger charge is 2.30. The number of amides is 1. The molecule has 4 rings (SSSR count). The smallest absolute Gasteiger partial charge is 0.262 e. The maximum Gasteiger partial charge on any atom is 0.262 e. The van der Waals surface area contributed by atoms with Crippen LogP contribution >= 0.6 is 0 Å². The third-order valence-corrected chi connectivity index (χ3v) is 4.40. The number of pyridine rings is 2. The summed E-state index contributed by atoms with van der Waals surface area (Å²) in [5.74, 6) is 0.194. The molecule has 7 nitrogen and oxygen atoms in total. The standard InChI is InChI=1S/C19H15N3O4/c23-15-9-11(16-4-3-7-26-16)8-14-12(15)10-13(18(24)21-14)19(25)22-17-5-1-2-6-20-17/h1-7,10-11H,8-9H2,(H,21,24)(H,20,22,25). The molecule has 3 heterocycles. The number of fused-ring (bicyclic) bond motifs is 1. The molecular weight excluding hydrogens is 334 g/mol. The Morgan fingerprint density at radius 1 is 1.19 bits per heavy atom. The molecule has 3 aromatic rings. The predicted octanol–water partition coefficient (Wildman–Crippen LogP) is 2.53. The summed E-state index contributed by atoms with van der Waals surface area (Å²) in [7, 11) is 0. The van der Waals surface area contributed by atoms with Crippen LogP contribution in [0.3, 0.4) is 0 Å². The minimum absolute atomic E-state index is 0.112. The van der Waals surface area contributed by atoms with E-state index in [-0.39, 0.29) is 23.7 Å². The number of Topliss-reactive ketones (excluding diaryl/α,β-unsaturated/α-hetero) is 1. The summed E-state index contributed by atoms with van der Waals surface area (Å²) in [6, 6.07) is 10.0. The highest BCUT2D eigenvalue weighted by Crippen LogP contribution is 2.31. The van der Waals surface area contributed by atoms with Crippen molar-refractivity contribution in [2.24, 2.45) is 0 Å². The lowest BCUT2D eigenvalue weighted by atomic mass is 9.84. The zero-order chi connectivity index (χ0) is 18.1. The van der Waals surface area contributed by atoms with Gasteiger partial charge in [-0.3, -0.25) is 14.4 Å². The van der Waals surface area contributed by atoms with Gasteiger partial charge in [-0.25, -0.2) is 4.98 Å². The third kappa shape index (κ3) is 2.95. The number of carbonyl (C=O) groups is 2. The topological polar surface area (TPSA) is 105 Å². The number of hydrogen-bond donors (Lipinski definition) is 2. The number of nitrogens with one attached hydrogen (secondary N) is 2. The zero-order valence-corrected chi connectivity index (χ0v) is 13.7. The summed E-state index contributed by atoms with van der Waals surface area (Å²) in [6.45, 7) is 0. The van der Waals surface area contributed by atoms with Gasteiger partial charge in [0.25, 0.3) is 11.5 Å². The average molecular weight is 349 g/mol. The second-order valence-corrected chi connectivity index (χ2v) is 6.12. The molecule has 1 aliphatic rings. The second-order valence-electron chi connectivity index (χ2n) is 6.12. The van der Waals surface area contributed by atoms with Gasteiger partial charge in [0.05, 0.1) is 6.26 Å². The van der Waals surface area contributed by atoms with E-state index in [1.54, 1.807) is 30.5 Å². The van der Waals surface area contributed by atoms with Crippen molar-refractivity contribution < 1.29 is 14.0 Å². The number of H-pyrrole nitrogens is 1. The molecule has 1 amide bonds. The van der Waals surface area contributed by atoms with Gasteiger partial charge in [0.2, 0.25) is 0 Å². The van der Waals surface area contributed by atoms with Crippen molar-refractivity contribution in [1.29, 1.82) is 0 Å². The van der Waals surface area contributed by atoms with Crippen LogP contribution in [0.4, 0.5) is 5.82 Å². The molecule has 0 fully saturated rings. The second kappa shape index (κ2) is 6.44. The van der Waals surface area contributed by atoms with Gasteiger partial charge in [0.1, 0.15) is 17.1 Å². The molecule has 2 N–H and O–H groups in total. The third-order valence-electron chi connectivity index (χ3n) is 4.40. The molecule has 7 heteroatoms. The fraction of sp³-hybridized carbons (Fsp3) is 0.158. The molecule has 130 valence electrons. The van der Waals surface area contributed by atoms with E-state index in [1.165, 1.54) is 12.3 Å². The molecule has 0 aliphatic heterocycles. The van der Waals surface area contributed by atoms with E-state index in [9.17, 15) is 14.4 Å². The van der Waals surface area contributed by atoms with Gasteiger partial charge in [0.15, 0.2) is 5.78 Å². The largest absolute Gasteiger partial charge is 0.469 e. The minimum Gasteiger partial charge on any atom is -0.469 e. The van der Waals surface area contributed by atoms with Gasteiger partial charge < -0.3 is 14.7 Å². The van der Waals surface area contributed by atoms with E-state index < -0.39 is 11.5 Å². The SMILES string of the molecule is O=C1CC(c2ccco2)Cc2[nH]c(=O)c(C(=O)Nc3ccccn3)cc21. The molecule has 0 saturated carbocycles. The number of carbonyl (C=O) groups excluding carboxylic acids is 2. The van der Waals surface area contributed by atoms with Crippen LogP contribution in [0.1, 0.15) is 44.5 Å². The fourth-order valence-corrected chi connectivity index (χ4v) is 3.14. The Morgan fingerprint density at radius 2 is 2.08 bits per heavy atom. The number of aromatic amines is 1. The van der Waals surface area contributed by atoms with Crippen LogP contribution in [-0.4, -0.2) is 21.7 Å². The van der Waals surface area contributed by atoms with Crippen molar-refractivity contribution in [3.05, 3.63) is 81.8 Å². The van der Waals surface area contributed by atoms with Gasteiger partial charge in [-0.2, -0.15) is 0 Å². The zero-order valence-electron chi connectivity index (χ0n) is 13.7. The number of furan rings is 1. The lowest BCUT2D eigenvalue weighted by Crippen LogP contribution is -2.29. The maximum atomic E-state index is 12.5. The average Bonchev–Trinajstić information content (AvgIpc) is 3.16. The summed E-state index contributed by atoms with van der Waals surface area (Å²) < 4.78 is 5.38. The molecule has 1 atom stereocenters. The Morgan fingerprint density at radius 3 is 2.81 bits per heavy atom. The molecule has 0 radical (unpaired) electrons. The first kappa shape index (κ1) is 16.0. The van der Waals surface area contributed by atoms with Gasteiger partial charge in [-0.15, -0.1) is 0 Å². The number of ketones is 1. The van der Waals surface area contributed by atoms with Crippen molar-refractivity contribution in [3.8, 4) is 0 Å². The number of hydrogen-bond acceptors (Lipinski definition) is 5. The molecule has 1 unspecified atom stereocenters. The van der Waals surface area contributed by atoms with Gasteiger partial charge in [-0.1, -0.05) is 6.07 Å². The molecule has 26 heavy (non-hydrogen) atoms. The summed E-state index contributed by atoms with van der Waals surface area (Å²) in [5.41, 5.74) is 0.255. The first-order valence-electron chi connectivity index (χ1n) is 8.17. The molecule has 0 bridgehead atoms. The predicted molar refractivity (Wildman–Crippen MR) is 93.4 cm³/mol. The Balaban J connectivity index is 1.64. The molecular formula is C19H15N3O4.